The molecule has 3 aromatic carbocycles. The maximum Gasteiger partial charge on any atom is 0.322 e. The van der Waals surface area contributed by atoms with Gasteiger partial charge in [0.25, 0.3) is 0 Å². The second-order valence-corrected chi connectivity index (χ2v) is 13.4. The number of aliphatic carboxylic acids is 1. The van der Waals surface area contributed by atoms with Gasteiger partial charge in [0.2, 0.25) is 11.8 Å². The molecule has 0 saturated carbocycles. The molecule has 0 bridgehead atoms. The summed E-state index contributed by atoms with van der Waals surface area (Å²) in [6, 6.07) is 26.6. The summed E-state index contributed by atoms with van der Waals surface area (Å²) in [5.74, 6) is -1.15. The van der Waals surface area contributed by atoms with Crippen molar-refractivity contribution in [3.8, 4) is 0 Å². The molecule has 2 fully saturated rings. The minimum absolute atomic E-state index is 0.0607. The average molecular weight is 611 g/mol. The van der Waals surface area contributed by atoms with Crippen LogP contribution in [0.5, 0.6) is 0 Å². The summed E-state index contributed by atoms with van der Waals surface area (Å²) >= 11 is 2.65. The Bertz CT molecular complexity index is 1860. The van der Waals surface area contributed by atoms with Crippen LogP contribution in [0, 0.1) is 0 Å². The van der Waals surface area contributed by atoms with Crippen LogP contribution in [0.1, 0.15) is 11.1 Å². The molecule has 2 aliphatic rings. The number of hydrogen-bond donors (Lipinski definition) is 2. The van der Waals surface area contributed by atoms with E-state index in [0.717, 1.165) is 32.4 Å². The molecule has 4 heterocycles. The Morgan fingerprint density at radius 3 is 2.60 bits per heavy atom. The van der Waals surface area contributed by atoms with Gasteiger partial charge in [-0.2, -0.15) is 0 Å². The zero-order valence-electron chi connectivity index (χ0n) is 23.0. The molecule has 7 rings (SSSR count). The fourth-order valence-electron chi connectivity index (χ4n) is 5.78. The van der Waals surface area contributed by atoms with Gasteiger partial charge in [0.15, 0.2) is 18.9 Å². The molecule has 216 valence electrons. The molecule has 43 heavy (non-hydrogen) atoms. The molecular formula is C33H28N3O5S2+. The lowest BCUT2D eigenvalue weighted by atomic mass is 10.0. The van der Waals surface area contributed by atoms with E-state index in [0.29, 0.717) is 17.9 Å². The number of aromatic nitrogens is 1. The van der Waals surface area contributed by atoms with E-state index in [1.807, 2.05) is 91.3 Å². The number of carboxylic acid groups (broad SMARTS) is 1. The largest absolute Gasteiger partial charge is 0.480 e. The van der Waals surface area contributed by atoms with Crippen LogP contribution < -0.4 is 9.88 Å². The number of fused-ring (bicyclic) bond motifs is 4. The highest BCUT2D eigenvalue weighted by atomic mass is 32.2. The lowest BCUT2D eigenvalue weighted by Gasteiger charge is -2.53. The molecular weight excluding hydrogens is 583 g/mol. The molecule has 2 aromatic heterocycles. The molecule has 0 radical (unpaired) electrons. The number of rotatable bonds is 8. The van der Waals surface area contributed by atoms with Crippen LogP contribution in [0.25, 0.3) is 21.9 Å². The Hall–Kier alpha value is -4.28. The number of thioether (sulfide) groups is 2. The van der Waals surface area contributed by atoms with E-state index in [4.69, 9.17) is 4.42 Å². The number of carboxylic acids is 1. The Morgan fingerprint density at radius 1 is 1.02 bits per heavy atom. The smallest absolute Gasteiger partial charge is 0.322 e. The van der Waals surface area contributed by atoms with Crippen molar-refractivity contribution in [1.29, 1.82) is 0 Å². The molecule has 3 atom stereocenters. The van der Waals surface area contributed by atoms with Crippen molar-refractivity contribution in [2.24, 2.45) is 0 Å². The summed E-state index contributed by atoms with van der Waals surface area (Å²) in [6.07, 6.45) is 4.21. The first kappa shape index (κ1) is 27.5. The molecule has 2 saturated heterocycles. The maximum absolute atomic E-state index is 13.1. The molecule has 10 heteroatoms. The van der Waals surface area contributed by atoms with E-state index in [1.165, 1.54) is 23.5 Å². The maximum atomic E-state index is 13.1. The number of benzene rings is 3. The van der Waals surface area contributed by atoms with Crippen molar-refractivity contribution in [3.05, 3.63) is 108 Å². The molecule has 0 spiro atoms. The number of carbonyl (C=O) groups is 3. The predicted molar refractivity (Wildman–Crippen MR) is 166 cm³/mol. The zero-order valence-corrected chi connectivity index (χ0v) is 24.6. The Morgan fingerprint density at radius 2 is 1.81 bits per heavy atom. The van der Waals surface area contributed by atoms with Gasteiger partial charge < -0.3 is 19.7 Å². The highest BCUT2D eigenvalue weighted by Crippen LogP contribution is 2.47. The van der Waals surface area contributed by atoms with E-state index < -0.39 is 16.8 Å². The summed E-state index contributed by atoms with van der Waals surface area (Å²) in [4.78, 5) is 40.7. The third-order valence-corrected chi connectivity index (χ3v) is 11.0. The van der Waals surface area contributed by atoms with E-state index >= 15 is 0 Å². The number of furan rings is 1. The minimum atomic E-state index is -1.23. The van der Waals surface area contributed by atoms with Crippen molar-refractivity contribution in [1.82, 2.24) is 10.2 Å². The van der Waals surface area contributed by atoms with E-state index in [1.54, 1.807) is 4.90 Å². The van der Waals surface area contributed by atoms with E-state index in [2.05, 4.69) is 16.0 Å². The first-order chi connectivity index (χ1) is 20.9. The molecule has 5 aromatic rings. The predicted octanol–water partition coefficient (Wildman–Crippen LogP) is 4.48. The first-order valence-electron chi connectivity index (χ1n) is 14.0. The van der Waals surface area contributed by atoms with Gasteiger partial charge in [-0.1, -0.05) is 48.5 Å². The summed E-state index contributed by atoms with van der Waals surface area (Å²) in [5, 5.41) is 14.9. The minimum Gasteiger partial charge on any atom is -0.480 e. The van der Waals surface area contributed by atoms with Crippen LogP contribution in [0.4, 0.5) is 0 Å². The van der Waals surface area contributed by atoms with Gasteiger partial charge in [0, 0.05) is 40.1 Å². The second kappa shape index (κ2) is 11.1. The summed E-state index contributed by atoms with van der Waals surface area (Å²) in [6.45, 7) is 0.725. The van der Waals surface area contributed by atoms with Gasteiger partial charge in [-0.05, 0) is 29.8 Å². The van der Waals surface area contributed by atoms with Crippen LogP contribution in [0.2, 0.25) is 0 Å². The topological polar surface area (TPSA) is 104 Å². The van der Waals surface area contributed by atoms with Crippen molar-refractivity contribution < 1.29 is 28.5 Å². The number of carbonyl (C=O) groups excluding carboxylic acids is 2. The highest BCUT2D eigenvalue weighted by Gasteiger charge is 2.58. The average Bonchev–Trinajstić information content (AvgIpc) is 3.39. The van der Waals surface area contributed by atoms with Crippen LogP contribution in [0.3, 0.4) is 0 Å². The van der Waals surface area contributed by atoms with E-state index in [-0.39, 0.29) is 30.2 Å². The Kier molecular flexibility index (Phi) is 7.10. The fourth-order valence-corrected chi connectivity index (χ4v) is 8.65. The number of amides is 2. The van der Waals surface area contributed by atoms with Gasteiger partial charge in [-0.25, -0.2) is 4.57 Å². The lowest BCUT2D eigenvalue weighted by molar-refractivity contribution is -0.688. The van der Waals surface area contributed by atoms with Crippen molar-refractivity contribution in [3.63, 3.8) is 0 Å². The Labute approximate surface area is 256 Å². The first-order valence-corrected chi connectivity index (χ1v) is 15.8. The highest BCUT2D eigenvalue weighted by molar-refractivity contribution is 8.05. The summed E-state index contributed by atoms with van der Waals surface area (Å²) in [5.41, 5.74) is 3.42. The van der Waals surface area contributed by atoms with Crippen molar-refractivity contribution >= 4 is 63.2 Å². The zero-order chi connectivity index (χ0) is 29.6. The quantitative estimate of drug-likeness (QED) is 0.197. The molecule has 8 nitrogen and oxygen atoms in total. The summed E-state index contributed by atoms with van der Waals surface area (Å²) in [7, 11) is 0. The van der Waals surface area contributed by atoms with Gasteiger partial charge >= 0.3 is 5.97 Å². The molecule has 2 amide bonds. The van der Waals surface area contributed by atoms with Crippen LogP contribution >= 0.6 is 23.5 Å². The second-order valence-electron chi connectivity index (χ2n) is 10.9. The number of nitrogens with zero attached hydrogens (tertiary/aromatic N) is 2. The van der Waals surface area contributed by atoms with Gasteiger partial charge in [-0.3, -0.25) is 14.4 Å². The van der Waals surface area contributed by atoms with Crippen LogP contribution in [-0.2, 0) is 27.3 Å². The third-order valence-electron chi connectivity index (χ3n) is 7.96. The van der Waals surface area contributed by atoms with Crippen LogP contribution in [-0.4, -0.2) is 56.3 Å². The number of β-lactam (4-membered cyclic amide) rings is 1. The lowest BCUT2D eigenvalue weighted by Crippen LogP contribution is -2.74. The van der Waals surface area contributed by atoms with E-state index in [9.17, 15) is 19.5 Å². The monoisotopic (exact) mass is 610 g/mol. The number of para-hydroxylation sites is 1. The Balaban J connectivity index is 1.08. The van der Waals surface area contributed by atoms with Crippen LogP contribution in [0.15, 0.2) is 107 Å². The number of nitrogens with one attached hydrogen (secondary N) is 1. The van der Waals surface area contributed by atoms with Gasteiger partial charge in [0.1, 0.15) is 27.3 Å². The number of pyridine rings is 1. The van der Waals surface area contributed by atoms with Gasteiger partial charge in [0.05, 0.1) is 12.0 Å². The van der Waals surface area contributed by atoms with Gasteiger partial charge in [-0.15, -0.1) is 23.5 Å². The molecule has 2 N–H and O–H groups in total. The number of hydrogen-bond acceptors (Lipinski definition) is 6. The normalized spacial score (nSPS) is 21.4. The fraction of sp³-hybridized carbons (Fsp3) is 0.212. The standard InChI is InChI=1S/C33H27N3O5S2/c37-27(16-21-8-3-1-4-9-21)34-28-30(38)36-19-33(32(39)40,20-42-31(28)36)43-23-12-13-24-25-11-7-10-22(29(25)41-26(24)17-23)18-35-14-5-2-6-15-35/h1-15,17,28,31H,16,18-20H2,(H-,34,37,39,40)/p+1/t28-,31-,33?/m1/s1. The molecule has 0 aliphatic carbocycles. The third kappa shape index (κ3) is 5.14. The SMILES string of the molecule is O=C(Cc1ccccc1)N[C@@H]1C(=O)N2CC(Sc3ccc4c(c3)oc3c(C[n+]5ccccc5)cccc34)(C(=O)O)CS[C@H]12. The molecule has 1 unspecified atom stereocenters. The summed E-state index contributed by atoms with van der Waals surface area (Å²) < 4.78 is 7.21. The molecule has 2 aliphatic heterocycles. The van der Waals surface area contributed by atoms with Crippen molar-refractivity contribution in [2.45, 2.75) is 34.0 Å². The van der Waals surface area contributed by atoms with Crippen molar-refractivity contribution in [2.75, 3.05) is 12.3 Å².